The Morgan fingerprint density at radius 3 is 1.95 bits per heavy atom. The van der Waals surface area contributed by atoms with Crippen LogP contribution in [0.25, 0.3) is 0 Å². The molecule has 3 saturated heterocycles. The number of carboxylic acid groups (broad SMARTS) is 1. The lowest BCUT2D eigenvalue weighted by atomic mass is 9.94. The van der Waals surface area contributed by atoms with E-state index in [1.54, 1.807) is 19.9 Å². The van der Waals surface area contributed by atoms with E-state index in [0.717, 1.165) is 43.5 Å². The molecule has 2 aromatic rings. The topological polar surface area (TPSA) is 271 Å². The van der Waals surface area contributed by atoms with Gasteiger partial charge in [-0.15, -0.1) is 11.8 Å². The fourth-order valence-electron chi connectivity index (χ4n) is 6.72. The predicted molar refractivity (Wildman–Crippen MR) is 203 cm³/mol. The molecule has 5 rings (SSSR count). The Kier molecular flexibility index (Phi) is 13.5. The number of aliphatic carboxylic acids is 1. The maximum atomic E-state index is 14.1. The molecule has 0 bridgehead atoms. The zero-order chi connectivity index (χ0) is 44.2. The summed E-state index contributed by atoms with van der Waals surface area (Å²) in [5.74, 6) is -8.72. The van der Waals surface area contributed by atoms with Gasteiger partial charge in [0.15, 0.2) is 23.0 Å². The predicted octanol–water partition coefficient (Wildman–Crippen LogP) is 0.658. The molecule has 6 amide bonds. The van der Waals surface area contributed by atoms with Crippen molar-refractivity contribution in [3.63, 3.8) is 0 Å². The van der Waals surface area contributed by atoms with Crippen molar-refractivity contribution in [1.82, 2.24) is 25.3 Å². The number of nitrogens with one attached hydrogen (secondary N) is 2. The first-order valence-electron chi connectivity index (χ1n) is 18.3. The summed E-state index contributed by atoms with van der Waals surface area (Å²) in [4.78, 5) is 129. The van der Waals surface area contributed by atoms with E-state index in [9.17, 15) is 53.1 Å². The molecule has 3 fully saturated rings. The van der Waals surface area contributed by atoms with Crippen molar-refractivity contribution < 1.29 is 76.7 Å². The second kappa shape index (κ2) is 18.2. The number of rotatable bonds is 14. The fourth-order valence-corrected chi connectivity index (χ4v) is 8.43. The third-order valence-electron chi connectivity index (χ3n) is 9.31. The fraction of sp³-hybridized carbons (Fsp3) is 0.421. The monoisotopic (exact) mass is 855 g/mol. The number of carboxylic acids is 1. The molecule has 3 aliphatic heterocycles. The van der Waals surface area contributed by atoms with E-state index in [2.05, 4.69) is 10.6 Å². The lowest BCUT2D eigenvalue weighted by molar-refractivity contribution is -0.162. The molecule has 0 aliphatic carbocycles. The van der Waals surface area contributed by atoms with Gasteiger partial charge in [-0.05, 0) is 49.2 Å². The third kappa shape index (κ3) is 9.66. The van der Waals surface area contributed by atoms with Crippen LogP contribution in [-0.4, -0.2) is 128 Å². The van der Waals surface area contributed by atoms with E-state index in [-0.39, 0.29) is 61.4 Å². The highest BCUT2D eigenvalue weighted by Gasteiger charge is 2.66. The number of esters is 4. The second-order valence-electron chi connectivity index (χ2n) is 13.9. The number of carbonyl (C=O) groups excluding carboxylic acids is 9. The van der Waals surface area contributed by atoms with Gasteiger partial charge in [0.2, 0.25) is 11.8 Å². The molecule has 0 spiro atoms. The number of likely N-dealkylation sites (N-methyl/N-ethyl adjacent to an activating group) is 1. The molecule has 2 aromatic carbocycles. The van der Waals surface area contributed by atoms with Gasteiger partial charge >= 0.3 is 47.7 Å². The lowest BCUT2D eigenvalue weighted by Crippen LogP contribution is -2.71. The number of nitrogens with zero attached hydrogens (tertiary/aromatic N) is 3. The van der Waals surface area contributed by atoms with Gasteiger partial charge in [0.1, 0.15) is 23.5 Å². The number of hydrogen-bond acceptors (Lipinski definition) is 16. The van der Waals surface area contributed by atoms with Crippen LogP contribution in [0.3, 0.4) is 0 Å². The number of thioether (sulfide) groups is 1. The average Bonchev–Trinajstić information content (AvgIpc) is 3.44. The number of β-lactam (4-membered cyclic amide) rings is 1. The molecule has 0 aromatic heterocycles. The Balaban J connectivity index is 1.37. The van der Waals surface area contributed by atoms with Crippen LogP contribution in [-0.2, 0) is 54.5 Å². The van der Waals surface area contributed by atoms with Crippen molar-refractivity contribution in [2.24, 2.45) is 0 Å². The first-order valence-corrected chi connectivity index (χ1v) is 19.1. The first kappa shape index (κ1) is 44.6. The molecule has 3 N–H and O–H groups in total. The van der Waals surface area contributed by atoms with Crippen molar-refractivity contribution in [3.05, 3.63) is 47.5 Å². The van der Waals surface area contributed by atoms with E-state index < -0.39 is 87.8 Å². The lowest BCUT2D eigenvalue weighted by Gasteiger charge is -2.44. The summed E-state index contributed by atoms with van der Waals surface area (Å²) in [6, 6.07) is 2.30. The smallest absolute Gasteiger partial charge is 0.328 e. The normalized spacial score (nSPS) is 21.3. The molecule has 22 heteroatoms. The van der Waals surface area contributed by atoms with Crippen LogP contribution in [0.1, 0.15) is 58.7 Å². The minimum absolute atomic E-state index is 0.00858. The summed E-state index contributed by atoms with van der Waals surface area (Å²) >= 11 is 1.04. The molecule has 21 nitrogen and oxygen atoms in total. The molecular weight excluding hydrogens is 815 g/mol. The van der Waals surface area contributed by atoms with Crippen molar-refractivity contribution >= 4 is 71.3 Å². The van der Waals surface area contributed by atoms with Gasteiger partial charge in [-0.25, -0.2) is 9.59 Å². The maximum absolute atomic E-state index is 14.1. The van der Waals surface area contributed by atoms with E-state index >= 15 is 0 Å². The first-order chi connectivity index (χ1) is 28.2. The standard InChI is InChI=1S/C38H41N5O16S/c1-7-41-12-13-42(34(51)33(41)50)37(54)40-28(23-9-11-25(57-19(3)45)27(15-23)59-21(5)47)31(48)39-29-32(49)43-30(36(52)53)38(6,60-35(29)43)17-55-16-22-8-10-24(56-18(2)44)26(14-22)58-20(4)46/h8-11,14-15,28-30,35H,7,12-13,16-17H2,1-6H3,(H,39,48)(H,40,54)(H,52,53)/t28?,29-,30+,35-,38+/m1/s1. The van der Waals surface area contributed by atoms with Crippen molar-refractivity contribution in [2.45, 2.75) is 76.4 Å². The van der Waals surface area contributed by atoms with Crippen LogP contribution in [0.5, 0.6) is 23.0 Å². The summed E-state index contributed by atoms with van der Waals surface area (Å²) in [6.07, 6.45) is 0. The molecule has 0 radical (unpaired) electrons. The molecule has 320 valence electrons. The molecular formula is C38H41N5O16S. The zero-order valence-corrected chi connectivity index (χ0v) is 33.9. The number of urea groups is 1. The van der Waals surface area contributed by atoms with Gasteiger partial charge in [-0.3, -0.25) is 43.3 Å². The van der Waals surface area contributed by atoms with Gasteiger partial charge in [0.05, 0.1) is 18.0 Å². The van der Waals surface area contributed by atoms with Crippen LogP contribution >= 0.6 is 11.8 Å². The molecule has 5 atom stereocenters. The quantitative estimate of drug-likeness (QED) is 0.102. The molecule has 3 heterocycles. The van der Waals surface area contributed by atoms with E-state index in [1.807, 2.05) is 0 Å². The summed E-state index contributed by atoms with van der Waals surface area (Å²) in [5, 5.41) is 14.3. The van der Waals surface area contributed by atoms with Crippen molar-refractivity contribution in [1.29, 1.82) is 0 Å². The molecule has 1 unspecified atom stereocenters. The highest BCUT2D eigenvalue weighted by atomic mass is 32.2. The highest BCUT2D eigenvalue weighted by Crippen LogP contribution is 2.51. The molecule has 3 aliphatic rings. The Morgan fingerprint density at radius 2 is 1.38 bits per heavy atom. The SMILES string of the molecule is CCN1CCN(C(=O)NC(C(=O)N[C@@H]2C(=O)N3[C@@H]2S[C@@](C)(COCc2ccc(OC(C)=O)c(OC(C)=O)c2)[C@@H]3C(=O)O)c2ccc(OC(C)=O)c(OC(C)=O)c2)C(=O)C1=O. The van der Waals surface area contributed by atoms with Crippen molar-refractivity contribution in [3.8, 4) is 23.0 Å². The molecule has 60 heavy (non-hydrogen) atoms. The third-order valence-corrected chi connectivity index (χ3v) is 10.9. The second-order valence-corrected chi connectivity index (χ2v) is 15.5. The largest absolute Gasteiger partial charge is 0.480 e. The number of carbonyl (C=O) groups is 10. The van der Waals surface area contributed by atoms with E-state index in [1.165, 1.54) is 36.1 Å². The van der Waals surface area contributed by atoms with Crippen LogP contribution < -0.4 is 29.6 Å². The van der Waals surface area contributed by atoms with Gasteiger partial charge in [0.25, 0.3) is 0 Å². The average molecular weight is 856 g/mol. The summed E-state index contributed by atoms with van der Waals surface area (Å²) in [6.45, 7) is 7.40. The number of ether oxygens (including phenoxy) is 5. The minimum atomic E-state index is -1.73. The number of imide groups is 1. The van der Waals surface area contributed by atoms with E-state index in [4.69, 9.17) is 23.7 Å². The summed E-state index contributed by atoms with van der Waals surface area (Å²) in [7, 11) is 0. The summed E-state index contributed by atoms with van der Waals surface area (Å²) < 4.78 is 25.2. The zero-order valence-electron chi connectivity index (χ0n) is 33.1. The Morgan fingerprint density at radius 1 is 0.817 bits per heavy atom. The van der Waals surface area contributed by atoms with Gasteiger partial charge in [-0.1, -0.05) is 12.1 Å². The maximum Gasteiger partial charge on any atom is 0.328 e. The van der Waals surface area contributed by atoms with Crippen LogP contribution in [0, 0.1) is 0 Å². The summed E-state index contributed by atoms with van der Waals surface area (Å²) in [5.41, 5.74) is 0.398. The van der Waals surface area contributed by atoms with Crippen LogP contribution in [0.4, 0.5) is 4.79 Å². The van der Waals surface area contributed by atoms with Crippen LogP contribution in [0.15, 0.2) is 36.4 Å². The molecule has 0 saturated carbocycles. The Hall–Kier alpha value is -6.55. The number of fused-ring (bicyclic) bond motifs is 1. The number of benzene rings is 2. The highest BCUT2D eigenvalue weighted by molar-refractivity contribution is 8.01. The number of amides is 6. The number of hydrogen-bond donors (Lipinski definition) is 3. The van der Waals surface area contributed by atoms with Crippen LogP contribution in [0.2, 0.25) is 0 Å². The number of piperazine rings is 1. The van der Waals surface area contributed by atoms with Gasteiger partial charge < -0.3 is 49.2 Å². The van der Waals surface area contributed by atoms with E-state index in [0.29, 0.717) is 10.5 Å². The van der Waals surface area contributed by atoms with Gasteiger partial charge in [0, 0.05) is 47.3 Å². The Bertz CT molecular complexity index is 2160. The minimum Gasteiger partial charge on any atom is -0.480 e. The van der Waals surface area contributed by atoms with Crippen molar-refractivity contribution in [2.75, 3.05) is 26.2 Å². The Labute approximate surface area is 345 Å². The van der Waals surface area contributed by atoms with Gasteiger partial charge in [-0.2, -0.15) is 0 Å².